The minimum absolute atomic E-state index is 0.0393. The van der Waals surface area contributed by atoms with Crippen molar-refractivity contribution < 1.29 is 14.6 Å². The maximum atomic E-state index is 9.67. The average Bonchev–Trinajstić information content (AvgIpc) is 2.89. The molecule has 1 N–H and O–H groups in total. The summed E-state index contributed by atoms with van der Waals surface area (Å²) in [5.41, 5.74) is 1.58. The van der Waals surface area contributed by atoms with Crippen molar-refractivity contribution in [3.8, 4) is 0 Å². The van der Waals surface area contributed by atoms with Crippen molar-refractivity contribution in [3.05, 3.63) is 11.6 Å². The predicted octanol–water partition coefficient (Wildman–Crippen LogP) is 10.5. The lowest BCUT2D eigenvalue weighted by Gasteiger charge is -2.34. The number of hydrogen-bond acceptors (Lipinski definition) is 3. The molecule has 216 valence electrons. The molecular formula is C33H66O3. The Morgan fingerprint density at radius 1 is 0.667 bits per heavy atom. The van der Waals surface area contributed by atoms with Crippen LogP contribution in [-0.2, 0) is 9.47 Å². The van der Waals surface area contributed by atoms with Crippen LogP contribution in [0.3, 0.4) is 0 Å². The van der Waals surface area contributed by atoms with Gasteiger partial charge in [-0.2, -0.15) is 0 Å². The van der Waals surface area contributed by atoms with Gasteiger partial charge in [-0.1, -0.05) is 134 Å². The number of aliphatic hydroxyl groups excluding tert-OH is 1. The minimum atomic E-state index is -0.677. The molecule has 0 aromatic heterocycles. The van der Waals surface area contributed by atoms with Crippen LogP contribution in [0.4, 0.5) is 0 Å². The van der Waals surface area contributed by atoms with E-state index >= 15 is 0 Å². The van der Waals surface area contributed by atoms with E-state index in [-0.39, 0.29) is 12.5 Å². The minimum Gasteiger partial charge on any atom is -0.396 e. The van der Waals surface area contributed by atoms with Gasteiger partial charge in [-0.05, 0) is 46.0 Å². The van der Waals surface area contributed by atoms with Gasteiger partial charge >= 0.3 is 0 Å². The molecule has 0 aromatic carbocycles. The molecule has 0 saturated carbocycles. The SMILES string of the molecule is CCCCCCCCCCCCCCCCCC=C(C)CCCCCCCC(CO)C(C)(OC)OC. The lowest BCUT2D eigenvalue weighted by molar-refractivity contribution is -0.234. The first-order chi connectivity index (χ1) is 17.5. The number of aliphatic hydroxyl groups is 1. The molecule has 0 radical (unpaired) electrons. The molecule has 0 aliphatic rings. The van der Waals surface area contributed by atoms with Gasteiger partial charge in [0.15, 0.2) is 5.79 Å². The van der Waals surface area contributed by atoms with Gasteiger partial charge in [-0.25, -0.2) is 0 Å². The zero-order chi connectivity index (χ0) is 26.7. The standard InChI is InChI=1S/C33H66O3/c1-6-7-8-9-10-11-12-13-14-15-16-17-18-19-21-24-27-31(2)28-25-22-20-23-26-29-32(30-34)33(3,35-4)36-5/h27,32,34H,6-26,28-30H2,1-5H3. The fourth-order valence-corrected chi connectivity index (χ4v) is 5.23. The molecule has 0 heterocycles. The van der Waals surface area contributed by atoms with Crippen LogP contribution in [0.2, 0.25) is 0 Å². The van der Waals surface area contributed by atoms with Gasteiger partial charge in [-0.3, -0.25) is 0 Å². The number of ether oxygens (including phenoxy) is 2. The van der Waals surface area contributed by atoms with Gasteiger partial charge in [0.1, 0.15) is 0 Å². The summed E-state index contributed by atoms with van der Waals surface area (Å²) in [4.78, 5) is 0. The van der Waals surface area contributed by atoms with Crippen LogP contribution in [0.25, 0.3) is 0 Å². The molecule has 0 aliphatic heterocycles. The Hall–Kier alpha value is -0.380. The second kappa shape index (κ2) is 26.2. The third-order valence-electron chi connectivity index (χ3n) is 8.20. The van der Waals surface area contributed by atoms with E-state index in [0.29, 0.717) is 0 Å². The molecule has 3 heteroatoms. The van der Waals surface area contributed by atoms with E-state index in [1.165, 1.54) is 135 Å². The first-order valence-electron chi connectivity index (χ1n) is 15.9. The van der Waals surface area contributed by atoms with Crippen molar-refractivity contribution in [2.24, 2.45) is 5.92 Å². The second-order valence-electron chi connectivity index (χ2n) is 11.4. The molecule has 1 unspecified atom stereocenters. The molecule has 0 aromatic rings. The van der Waals surface area contributed by atoms with Crippen molar-refractivity contribution in [2.45, 2.75) is 174 Å². The Labute approximate surface area is 227 Å². The molecule has 0 fully saturated rings. The summed E-state index contributed by atoms with van der Waals surface area (Å²) in [7, 11) is 3.31. The normalized spacial score (nSPS) is 13.4. The molecule has 0 saturated heterocycles. The molecule has 1 atom stereocenters. The van der Waals surface area contributed by atoms with Gasteiger partial charge in [0.05, 0.1) is 6.61 Å². The molecule has 0 rings (SSSR count). The highest BCUT2D eigenvalue weighted by atomic mass is 16.7. The summed E-state index contributed by atoms with van der Waals surface area (Å²) in [6, 6.07) is 0. The highest BCUT2D eigenvalue weighted by Gasteiger charge is 2.33. The van der Waals surface area contributed by atoms with Crippen molar-refractivity contribution in [3.63, 3.8) is 0 Å². The first-order valence-corrected chi connectivity index (χ1v) is 15.9. The van der Waals surface area contributed by atoms with Gasteiger partial charge in [0.2, 0.25) is 0 Å². The summed E-state index contributed by atoms with van der Waals surface area (Å²) in [6.45, 7) is 6.64. The van der Waals surface area contributed by atoms with Gasteiger partial charge in [-0.15, -0.1) is 0 Å². The van der Waals surface area contributed by atoms with Crippen LogP contribution in [0.15, 0.2) is 11.6 Å². The molecular weight excluding hydrogens is 444 g/mol. The number of methoxy groups -OCH3 is 2. The fraction of sp³-hybridized carbons (Fsp3) is 0.939. The Morgan fingerprint density at radius 3 is 1.53 bits per heavy atom. The largest absolute Gasteiger partial charge is 0.396 e. The number of unbranched alkanes of at least 4 members (excludes halogenated alkanes) is 19. The Balaban J connectivity index is 3.46. The third kappa shape index (κ3) is 20.7. The van der Waals surface area contributed by atoms with E-state index < -0.39 is 5.79 Å². The Kier molecular flexibility index (Phi) is 26.0. The topological polar surface area (TPSA) is 38.7 Å². The monoisotopic (exact) mass is 511 g/mol. The van der Waals surface area contributed by atoms with Gasteiger partial charge < -0.3 is 14.6 Å². The number of allylic oxidation sites excluding steroid dienone is 2. The zero-order valence-electron chi connectivity index (χ0n) is 25.4. The predicted molar refractivity (Wildman–Crippen MR) is 159 cm³/mol. The summed E-state index contributed by atoms with van der Waals surface area (Å²) >= 11 is 0. The van der Waals surface area contributed by atoms with Crippen molar-refractivity contribution in [1.82, 2.24) is 0 Å². The highest BCUT2D eigenvalue weighted by molar-refractivity contribution is 4.97. The molecule has 0 amide bonds. The van der Waals surface area contributed by atoms with Crippen LogP contribution in [-0.4, -0.2) is 31.7 Å². The molecule has 0 bridgehead atoms. The Bertz CT molecular complexity index is 470. The Morgan fingerprint density at radius 2 is 1.08 bits per heavy atom. The molecule has 36 heavy (non-hydrogen) atoms. The van der Waals surface area contributed by atoms with Crippen molar-refractivity contribution >= 4 is 0 Å². The van der Waals surface area contributed by atoms with Crippen molar-refractivity contribution in [2.75, 3.05) is 20.8 Å². The van der Waals surface area contributed by atoms with E-state index in [0.717, 1.165) is 12.8 Å². The van der Waals surface area contributed by atoms with E-state index in [9.17, 15) is 5.11 Å². The first kappa shape index (κ1) is 35.6. The average molecular weight is 511 g/mol. The quantitative estimate of drug-likeness (QED) is 0.0646. The van der Waals surface area contributed by atoms with Crippen molar-refractivity contribution in [1.29, 1.82) is 0 Å². The zero-order valence-corrected chi connectivity index (χ0v) is 25.4. The maximum absolute atomic E-state index is 9.67. The van der Waals surface area contributed by atoms with Crippen LogP contribution in [0.5, 0.6) is 0 Å². The van der Waals surface area contributed by atoms with Crippen LogP contribution in [0.1, 0.15) is 168 Å². The van der Waals surface area contributed by atoms with Gasteiger partial charge in [0.25, 0.3) is 0 Å². The van der Waals surface area contributed by atoms with Crippen LogP contribution in [0, 0.1) is 5.92 Å². The maximum Gasteiger partial charge on any atom is 0.169 e. The summed E-state index contributed by atoms with van der Waals surface area (Å²) in [5.74, 6) is -0.638. The van der Waals surface area contributed by atoms with E-state index in [1.54, 1.807) is 19.8 Å². The number of hydrogen-bond donors (Lipinski definition) is 1. The van der Waals surface area contributed by atoms with Crippen LogP contribution >= 0.6 is 0 Å². The molecule has 3 nitrogen and oxygen atoms in total. The number of rotatable bonds is 28. The summed E-state index contributed by atoms with van der Waals surface area (Å²) < 4.78 is 10.9. The van der Waals surface area contributed by atoms with E-state index in [1.807, 2.05) is 6.92 Å². The van der Waals surface area contributed by atoms with Crippen LogP contribution < -0.4 is 0 Å². The van der Waals surface area contributed by atoms with Gasteiger partial charge in [0, 0.05) is 20.1 Å². The fourth-order valence-electron chi connectivity index (χ4n) is 5.23. The van der Waals surface area contributed by atoms with E-state index in [4.69, 9.17) is 9.47 Å². The molecule has 0 spiro atoms. The summed E-state index contributed by atoms with van der Waals surface area (Å²) in [5, 5.41) is 9.67. The second-order valence-corrected chi connectivity index (χ2v) is 11.4. The lowest BCUT2D eigenvalue weighted by atomic mass is 9.93. The summed E-state index contributed by atoms with van der Waals surface area (Å²) in [6.07, 6.45) is 33.8. The highest BCUT2D eigenvalue weighted by Crippen LogP contribution is 2.27. The lowest BCUT2D eigenvalue weighted by Crippen LogP contribution is -2.40. The smallest absolute Gasteiger partial charge is 0.169 e. The third-order valence-corrected chi connectivity index (χ3v) is 8.20. The molecule has 0 aliphatic carbocycles. The van der Waals surface area contributed by atoms with E-state index in [2.05, 4.69) is 19.9 Å².